The van der Waals surface area contributed by atoms with E-state index in [9.17, 15) is 4.79 Å². The van der Waals surface area contributed by atoms with Crippen LogP contribution in [0.15, 0.2) is 0 Å². The van der Waals surface area contributed by atoms with Crippen molar-refractivity contribution in [1.82, 2.24) is 15.1 Å². The fourth-order valence-electron chi connectivity index (χ4n) is 4.05. The average molecular weight is 265 g/mol. The normalized spacial score (nSPS) is 36.9. The van der Waals surface area contributed by atoms with Gasteiger partial charge in [-0.2, -0.15) is 0 Å². The molecule has 3 saturated heterocycles. The first-order valence-corrected chi connectivity index (χ1v) is 7.95. The van der Waals surface area contributed by atoms with Crippen LogP contribution < -0.4 is 5.32 Å². The standard InChI is InChI=1S/C15H27N3O/c1-17-9-6-13(10-17)15(19)18-8-3-4-12(11-18)14-5-2-7-16-14/h12-14,16H,2-11H2,1H3. The zero-order chi connectivity index (χ0) is 13.2. The summed E-state index contributed by atoms with van der Waals surface area (Å²) in [5.74, 6) is 1.38. The van der Waals surface area contributed by atoms with Crippen LogP contribution in [-0.4, -0.2) is 61.5 Å². The van der Waals surface area contributed by atoms with Gasteiger partial charge in [-0.25, -0.2) is 0 Å². The first kappa shape index (κ1) is 13.4. The van der Waals surface area contributed by atoms with Crippen LogP contribution in [0, 0.1) is 11.8 Å². The van der Waals surface area contributed by atoms with E-state index in [0.717, 1.165) is 32.6 Å². The maximum absolute atomic E-state index is 12.6. The lowest BCUT2D eigenvalue weighted by atomic mass is 9.89. The number of amides is 1. The number of carbonyl (C=O) groups excluding carboxylic acids is 1. The molecule has 4 heteroatoms. The Kier molecular flexibility index (Phi) is 4.08. The van der Waals surface area contributed by atoms with E-state index in [4.69, 9.17) is 0 Å². The lowest BCUT2D eigenvalue weighted by Crippen LogP contribution is -2.48. The van der Waals surface area contributed by atoms with Crippen molar-refractivity contribution in [2.24, 2.45) is 11.8 Å². The maximum atomic E-state index is 12.6. The quantitative estimate of drug-likeness (QED) is 0.807. The zero-order valence-electron chi connectivity index (χ0n) is 12.1. The predicted molar refractivity (Wildman–Crippen MR) is 75.9 cm³/mol. The van der Waals surface area contributed by atoms with Crippen molar-refractivity contribution in [3.05, 3.63) is 0 Å². The molecule has 3 aliphatic heterocycles. The third-order valence-corrected chi connectivity index (χ3v) is 5.18. The summed E-state index contributed by atoms with van der Waals surface area (Å²) in [5.41, 5.74) is 0. The van der Waals surface area contributed by atoms with Gasteiger partial charge >= 0.3 is 0 Å². The molecule has 0 bridgehead atoms. The van der Waals surface area contributed by atoms with E-state index < -0.39 is 0 Å². The van der Waals surface area contributed by atoms with Crippen molar-refractivity contribution >= 4 is 5.91 Å². The number of nitrogens with one attached hydrogen (secondary N) is 1. The Hall–Kier alpha value is -0.610. The molecule has 3 heterocycles. The number of likely N-dealkylation sites (tertiary alicyclic amines) is 2. The second-order valence-corrected chi connectivity index (χ2v) is 6.64. The molecule has 3 rings (SSSR count). The van der Waals surface area contributed by atoms with Crippen molar-refractivity contribution < 1.29 is 4.79 Å². The highest BCUT2D eigenvalue weighted by atomic mass is 16.2. The number of carbonyl (C=O) groups is 1. The molecule has 4 nitrogen and oxygen atoms in total. The third kappa shape index (κ3) is 2.95. The fraction of sp³-hybridized carbons (Fsp3) is 0.933. The van der Waals surface area contributed by atoms with Crippen LogP contribution in [0.1, 0.15) is 32.1 Å². The van der Waals surface area contributed by atoms with E-state index in [1.165, 1.54) is 32.2 Å². The monoisotopic (exact) mass is 265 g/mol. The molecule has 0 aliphatic carbocycles. The first-order chi connectivity index (χ1) is 9.24. The molecule has 3 atom stereocenters. The highest BCUT2D eigenvalue weighted by Crippen LogP contribution is 2.27. The van der Waals surface area contributed by atoms with Crippen LogP contribution in [0.25, 0.3) is 0 Å². The minimum absolute atomic E-state index is 0.264. The predicted octanol–water partition coefficient (Wildman–Crippen LogP) is 0.929. The second kappa shape index (κ2) is 5.80. The smallest absolute Gasteiger partial charge is 0.227 e. The summed E-state index contributed by atoms with van der Waals surface area (Å²) in [7, 11) is 2.12. The summed E-state index contributed by atoms with van der Waals surface area (Å²) >= 11 is 0. The molecule has 3 unspecified atom stereocenters. The van der Waals surface area contributed by atoms with Crippen molar-refractivity contribution in [2.75, 3.05) is 39.8 Å². The van der Waals surface area contributed by atoms with E-state index >= 15 is 0 Å². The molecule has 0 radical (unpaired) electrons. The average Bonchev–Trinajstić information content (AvgIpc) is 3.09. The van der Waals surface area contributed by atoms with Gasteiger partial charge in [-0.15, -0.1) is 0 Å². The summed E-state index contributed by atoms with van der Waals surface area (Å²) in [6.45, 7) is 5.20. The topological polar surface area (TPSA) is 35.6 Å². The first-order valence-electron chi connectivity index (χ1n) is 7.95. The Morgan fingerprint density at radius 3 is 2.68 bits per heavy atom. The molecule has 1 N–H and O–H groups in total. The highest BCUT2D eigenvalue weighted by molar-refractivity contribution is 5.79. The Morgan fingerprint density at radius 1 is 1.11 bits per heavy atom. The summed E-state index contributed by atoms with van der Waals surface area (Å²) < 4.78 is 0. The lowest BCUT2D eigenvalue weighted by molar-refractivity contribution is -0.137. The summed E-state index contributed by atoms with van der Waals surface area (Å²) in [6, 6.07) is 0.668. The van der Waals surface area contributed by atoms with Gasteiger partial charge in [0, 0.05) is 25.7 Å². The summed E-state index contributed by atoms with van der Waals surface area (Å²) in [5, 5.41) is 3.62. The number of nitrogens with zero attached hydrogens (tertiary/aromatic N) is 2. The molecule has 0 spiro atoms. The molecule has 0 saturated carbocycles. The van der Waals surface area contributed by atoms with Gasteiger partial charge in [0.15, 0.2) is 0 Å². The third-order valence-electron chi connectivity index (χ3n) is 5.18. The molecule has 108 valence electrons. The van der Waals surface area contributed by atoms with E-state index in [0.29, 0.717) is 17.9 Å². The SMILES string of the molecule is CN1CCC(C(=O)N2CCCC(C3CCCN3)C2)C1. The van der Waals surface area contributed by atoms with Gasteiger partial charge in [0.25, 0.3) is 0 Å². The van der Waals surface area contributed by atoms with Gasteiger partial charge in [0.05, 0.1) is 5.92 Å². The van der Waals surface area contributed by atoms with E-state index in [2.05, 4.69) is 22.2 Å². The molecule has 3 aliphatic rings. The number of rotatable bonds is 2. The Bertz CT molecular complexity index is 327. The van der Waals surface area contributed by atoms with Crippen LogP contribution in [0.3, 0.4) is 0 Å². The fourth-order valence-corrected chi connectivity index (χ4v) is 4.05. The molecule has 0 aromatic carbocycles. The van der Waals surface area contributed by atoms with Crippen molar-refractivity contribution in [2.45, 2.75) is 38.1 Å². The van der Waals surface area contributed by atoms with E-state index in [1.54, 1.807) is 0 Å². The van der Waals surface area contributed by atoms with E-state index in [-0.39, 0.29) is 5.92 Å². The maximum Gasteiger partial charge on any atom is 0.227 e. The molecule has 1 amide bonds. The van der Waals surface area contributed by atoms with Crippen molar-refractivity contribution in [3.63, 3.8) is 0 Å². The largest absolute Gasteiger partial charge is 0.342 e. The van der Waals surface area contributed by atoms with Gasteiger partial charge in [-0.3, -0.25) is 4.79 Å². The zero-order valence-corrected chi connectivity index (χ0v) is 12.1. The van der Waals surface area contributed by atoms with Gasteiger partial charge in [-0.1, -0.05) is 0 Å². The van der Waals surface area contributed by atoms with Crippen molar-refractivity contribution in [3.8, 4) is 0 Å². The molecular formula is C15H27N3O. The van der Waals surface area contributed by atoms with Crippen LogP contribution in [0.2, 0.25) is 0 Å². The number of hydrogen-bond acceptors (Lipinski definition) is 3. The molecule has 0 aromatic rings. The lowest BCUT2D eigenvalue weighted by Gasteiger charge is -2.37. The van der Waals surface area contributed by atoms with Crippen LogP contribution in [0.5, 0.6) is 0 Å². The summed E-state index contributed by atoms with van der Waals surface area (Å²) in [4.78, 5) is 17.0. The van der Waals surface area contributed by atoms with Crippen LogP contribution >= 0.6 is 0 Å². The summed E-state index contributed by atoms with van der Waals surface area (Å²) in [6.07, 6.45) is 6.16. The molecular weight excluding hydrogens is 238 g/mol. The minimum Gasteiger partial charge on any atom is -0.342 e. The van der Waals surface area contributed by atoms with Gasteiger partial charge in [0.1, 0.15) is 0 Å². The van der Waals surface area contributed by atoms with Gasteiger partial charge in [-0.05, 0) is 58.2 Å². The Labute approximate surface area is 116 Å². The van der Waals surface area contributed by atoms with Gasteiger partial charge in [0.2, 0.25) is 5.91 Å². The molecule has 19 heavy (non-hydrogen) atoms. The van der Waals surface area contributed by atoms with Crippen LogP contribution in [0.4, 0.5) is 0 Å². The molecule has 0 aromatic heterocycles. The van der Waals surface area contributed by atoms with Crippen LogP contribution in [-0.2, 0) is 4.79 Å². The minimum atomic E-state index is 0.264. The second-order valence-electron chi connectivity index (χ2n) is 6.64. The number of piperidine rings is 1. The highest BCUT2D eigenvalue weighted by Gasteiger charge is 2.35. The van der Waals surface area contributed by atoms with E-state index in [1.807, 2.05) is 0 Å². The Morgan fingerprint density at radius 2 is 2.00 bits per heavy atom. The van der Waals surface area contributed by atoms with Crippen molar-refractivity contribution in [1.29, 1.82) is 0 Å². The molecule has 3 fully saturated rings. The van der Waals surface area contributed by atoms with Gasteiger partial charge < -0.3 is 15.1 Å². The number of hydrogen-bond donors (Lipinski definition) is 1. The Balaban J connectivity index is 1.56.